The highest BCUT2D eigenvalue weighted by atomic mass is 19.4. The van der Waals surface area contributed by atoms with Gasteiger partial charge in [-0.15, -0.1) is 13.2 Å². The van der Waals surface area contributed by atoms with Crippen LogP contribution in [-0.2, 0) is 27.2 Å². The summed E-state index contributed by atoms with van der Waals surface area (Å²) in [5, 5.41) is 4.71. The number of carbonyl (C=O) groups is 2. The summed E-state index contributed by atoms with van der Waals surface area (Å²) in [7, 11) is 0. The highest BCUT2D eigenvalue weighted by Gasteiger charge is 2.34. The second-order valence-corrected chi connectivity index (χ2v) is 11.8. The molecule has 0 saturated carbocycles. The fraction of sp³-hybridized carbons (Fsp3) is 0.469. The van der Waals surface area contributed by atoms with Gasteiger partial charge in [-0.2, -0.15) is 5.10 Å². The lowest BCUT2D eigenvalue weighted by atomic mass is 10.00. The zero-order valence-electron chi connectivity index (χ0n) is 25.6. The van der Waals surface area contributed by atoms with Crippen LogP contribution in [0.2, 0.25) is 0 Å². The lowest BCUT2D eigenvalue weighted by molar-refractivity contribution is -0.274. The van der Waals surface area contributed by atoms with Gasteiger partial charge in [-0.3, -0.25) is 14.3 Å². The van der Waals surface area contributed by atoms with Crippen LogP contribution in [0, 0.1) is 13.8 Å². The maximum Gasteiger partial charge on any atom is 0.573 e. The highest BCUT2D eigenvalue weighted by Crippen LogP contribution is 2.33. The number of aromatic nitrogens is 2. The molecule has 3 heterocycles. The van der Waals surface area contributed by atoms with E-state index in [9.17, 15) is 22.8 Å². The number of alkyl halides is 3. The summed E-state index contributed by atoms with van der Waals surface area (Å²) < 4.78 is 60.8. The fourth-order valence-corrected chi connectivity index (χ4v) is 5.82. The van der Waals surface area contributed by atoms with Gasteiger partial charge >= 0.3 is 6.36 Å². The molecule has 0 spiro atoms. The summed E-state index contributed by atoms with van der Waals surface area (Å²) in [6, 6.07) is 10.6. The third-order valence-corrected chi connectivity index (χ3v) is 7.96. The molecule has 2 aromatic carbocycles. The average molecular weight is 631 g/mol. The van der Waals surface area contributed by atoms with E-state index in [4.69, 9.17) is 25.0 Å². The zero-order valence-corrected chi connectivity index (χ0v) is 25.6. The molecular weight excluding hydrogens is 593 g/mol. The van der Waals surface area contributed by atoms with Crippen LogP contribution in [0.5, 0.6) is 11.5 Å². The molecule has 2 aliphatic rings. The van der Waals surface area contributed by atoms with Gasteiger partial charge in [0.1, 0.15) is 23.7 Å². The van der Waals surface area contributed by atoms with Gasteiger partial charge in [-0.1, -0.05) is 18.2 Å². The summed E-state index contributed by atoms with van der Waals surface area (Å²) in [5.74, 6) is -1.35. The second-order valence-electron chi connectivity index (χ2n) is 11.8. The minimum absolute atomic E-state index is 0.0555. The molecule has 2 saturated heterocycles. The maximum absolute atomic E-state index is 12.8. The van der Waals surface area contributed by atoms with Crippen molar-refractivity contribution < 1.29 is 41.7 Å². The van der Waals surface area contributed by atoms with Gasteiger partial charge in [0.15, 0.2) is 5.79 Å². The van der Waals surface area contributed by atoms with Gasteiger partial charge in [0.25, 0.3) is 5.91 Å². The standard InChI is InChI=1S/C32H37F3N4O6/c1-19-29(20(2)39(37-19)17-25-18-42-31(3,4)44-25)22-7-10-27(26(16-22)30(36)41)43-23-11-13-38(14-12-23)28(40)15-21-5-8-24(9-6-21)45-32(33,34)35/h5-10,16,23,25H,11-15,17-18H2,1-4H3,(H2,36,41)/t25-/m1/s1. The van der Waals surface area contributed by atoms with Crippen LogP contribution >= 0.6 is 0 Å². The molecule has 0 aliphatic carbocycles. The van der Waals surface area contributed by atoms with E-state index in [0.29, 0.717) is 50.4 Å². The molecule has 0 unspecified atom stereocenters. The first-order valence-corrected chi connectivity index (χ1v) is 14.8. The van der Waals surface area contributed by atoms with Crippen molar-refractivity contribution in [3.05, 3.63) is 65.0 Å². The van der Waals surface area contributed by atoms with Crippen molar-refractivity contribution in [2.75, 3.05) is 19.7 Å². The molecule has 1 atom stereocenters. The second kappa shape index (κ2) is 12.7. The number of benzene rings is 2. The Morgan fingerprint density at radius 3 is 2.38 bits per heavy atom. The van der Waals surface area contributed by atoms with Gasteiger partial charge in [0, 0.05) is 37.2 Å². The molecule has 0 bridgehead atoms. The van der Waals surface area contributed by atoms with Crippen LogP contribution in [0.4, 0.5) is 13.2 Å². The number of ether oxygens (including phenoxy) is 4. The third-order valence-electron chi connectivity index (χ3n) is 7.96. The molecule has 2 aliphatic heterocycles. The molecule has 1 aromatic heterocycles. The molecule has 2 N–H and O–H groups in total. The van der Waals surface area contributed by atoms with Gasteiger partial charge in [0.05, 0.1) is 30.8 Å². The number of likely N-dealkylation sites (tertiary alicyclic amines) is 1. The molecule has 0 radical (unpaired) electrons. The van der Waals surface area contributed by atoms with Crippen molar-refractivity contribution in [1.29, 1.82) is 0 Å². The summed E-state index contributed by atoms with van der Waals surface area (Å²) in [4.78, 5) is 27.0. The van der Waals surface area contributed by atoms with Crippen molar-refractivity contribution in [1.82, 2.24) is 14.7 Å². The number of nitrogens with two attached hydrogens (primary N) is 1. The molecule has 3 aromatic rings. The van der Waals surface area contributed by atoms with E-state index in [1.54, 1.807) is 17.0 Å². The number of hydrogen-bond donors (Lipinski definition) is 1. The largest absolute Gasteiger partial charge is 0.573 e. The monoisotopic (exact) mass is 630 g/mol. The van der Waals surface area contributed by atoms with E-state index in [-0.39, 0.29) is 35.8 Å². The Morgan fingerprint density at radius 1 is 1.09 bits per heavy atom. The topological polar surface area (TPSA) is 118 Å². The number of primary amides is 1. The molecule has 5 rings (SSSR count). The van der Waals surface area contributed by atoms with Crippen LogP contribution in [0.25, 0.3) is 11.1 Å². The first-order chi connectivity index (χ1) is 21.2. The van der Waals surface area contributed by atoms with Crippen molar-refractivity contribution in [2.45, 2.75) is 77.9 Å². The number of nitrogens with zero attached hydrogens (tertiary/aromatic N) is 3. The van der Waals surface area contributed by atoms with E-state index in [2.05, 4.69) is 4.74 Å². The Hall–Kier alpha value is -4.10. The summed E-state index contributed by atoms with van der Waals surface area (Å²) in [5.41, 5.74) is 10.0. The van der Waals surface area contributed by atoms with Gasteiger partial charge in [-0.05, 0) is 63.1 Å². The first kappa shape index (κ1) is 32.3. The molecule has 13 heteroatoms. The van der Waals surface area contributed by atoms with Gasteiger partial charge in [0.2, 0.25) is 5.91 Å². The molecule has 2 amide bonds. The Bertz CT molecular complexity index is 1550. The van der Waals surface area contributed by atoms with Crippen LogP contribution < -0.4 is 15.2 Å². The fourth-order valence-electron chi connectivity index (χ4n) is 5.82. The van der Waals surface area contributed by atoms with Gasteiger partial charge < -0.3 is 29.6 Å². The number of halogens is 3. The molecular formula is C32H37F3N4O6. The van der Waals surface area contributed by atoms with E-state index >= 15 is 0 Å². The molecule has 2 fully saturated rings. The lowest BCUT2D eigenvalue weighted by Gasteiger charge is -2.32. The first-order valence-electron chi connectivity index (χ1n) is 14.8. The van der Waals surface area contributed by atoms with Crippen molar-refractivity contribution in [3.63, 3.8) is 0 Å². The van der Waals surface area contributed by atoms with Crippen molar-refractivity contribution in [3.8, 4) is 22.6 Å². The number of aryl methyl sites for hydroxylation is 1. The Kier molecular flexibility index (Phi) is 9.13. The normalized spacial score (nSPS) is 18.6. The molecule has 45 heavy (non-hydrogen) atoms. The van der Waals surface area contributed by atoms with Crippen molar-refractivity contribution >= 4 is 11.8 Å². The van der Waals surface area contributed by atoms with E-state index < -0.39 is 18.1 Å². The number of rotatable bonds is 9. The van der Waals surface area contributed by atoms with Gasteiger partial charge in [-0.25, -0.2) is 0 Å². The zero-order chi connectivity index (χ0) is 32.5. The van der Waals surface area contributed by atoms with Crippen LogP contribution in [0.3, 0.4) is 0 Å². The molecule has 10 nitrogen and oxygen atoms in total. The number of amides is 2. The Morgan fingerprint density at radius 2 is 1.78 bits per heavy atom. The number of carbonyl (C=O) groups excluding carboxylic acids is 2. The van der Waals surface area contributed by atoms with E-state index in [0.717, 1.165) is 22.5 Å². The predicted octanol–water partition coefficient (Wildman–Crippen LogP) is 4.93. The summed E-state index contributed by atoms with van der Waals surface area (Å²) in [6.45, 7) is 9.52. The number of piperidine rings is 1. The highest BCUT2D eigenvalue weighted by molar-refractivity contribution is 5.97. The Balaban J connectivity index is 1.20. The summed E-state index contributed by atoms with van der Waals surface area (Å²) >= 11 is 0. The number of hydrogen-bond acceptors (Lipinski definition) is 7. The SMILES string of the molecule is Cc1nn(C[C@@H]2COC(C)(C)O2)c(C)c1-c1ccc(OC2CCN(C(=O)Cc3ccc(OC(F)(F)F)cc3)CC2)c(C(N)=O)c1. The minimum Gasteiger partial charge on any atom is -0.489 e. The Labute approximate surface area is 259 Å². The van der Waals surface area contributed by atoms with Crippen LogP contribution in [-0.4, -0.2) is 70.5 Å². The van der Waals surface area contributed by atoms with E-state index in [1.165, 1.54) is 24.3 Å². The lowest BCUT2D eigenvalue weighted by Crippen LogP contribution is -2.42. The average Bonchev–Trinajstić information content (AvgIpc) is 3.45. The van der Waals surface area contributed by atoms with Crippen LogP contribution in [0.15, 0.2) is 42.5 Å². The van der Waals surface area contributed by atoms with E-state index in [1.807, 2.05) is 38.4 Å². The quantitative estimate of drug-likeness (QED) is 0.356. The third kappa shape index (κ3) is 7.95. The maximum atomic E-state index is 12.8. The van der Waals surface area contributed by atoms with Crippen LogP contribution in [0.1, 0.15) is 54.0 Å². The van der Waals surface area contributed by atoms with Crippen molar-refractivity contribution in [2.24, 2.45) is 5.73 Å². The smallest absolute Gasteiger partial charge is 0.489 e. The summed E-state index contributed by atoms with van der Waals surface area (Å²) in [6.07, 6.45) is -4.00. The predicted molar refractivity (Wildman–Crippen MR) is 158 cm³/mol. The molecule has 242 valence electrons. The minimum atomic E-state index is -4.77.